The number of H-pyrrole nitrogens is 1. The minimum absolute atomic E-state index is 0.0592. The van der Waals surface area contributed by atoms with E-state index in [0.29, 0.717) is 12.1 Å². The number of nitrogens with one attached hydrogen (secondary N) is 2. The van der Waals surface area contributed by atoms with Gasteiger partial charge >= 0.3 is 0 Å². The summed E-state index contributed by atoms with van der Waals surface area (Å²) in [6.45, 7) is 2.33. The summed E-state index contributed by atoms with van der Waals surface area (Å²) in [5.74, 6) is 0.0592. The summed E-state index contributed by atoms with van der Waals surface area (Å²) in [6.07, 6.45) is 6.81. The molecule has 0 saturated carbocycles. The third kappa shape index (κ3) is 2.33. The van der Waals surface area contributed by atoms with E-state index in [4.69, 9.17) is 0 Å². The fourth-order valence-corrected chi connectivity index (χ4v) is 3.86. The number of hydrogen-bond acceptors (Lipinski definition) is 2. The van der Waals surface area contributed by atoms with E-state index in [9.17, 15) is 4.79 Å². The first kappa shape index (κ1) is 12.9. The molecule has 4 rings (SSSR count). The Hall–Kier alpha value is -1.81. The fraction of sp³-hybridized carbons (Fsp3) is 0.471. The molecule has 2 aliphatic rings. The Morgan fingerprint density at radius 3 is 3.10 bits per heavy atom. The van der Waals surface area contributed by atoms with Gasteiger partial charge in [-0.05, 0) is 49.4 Å². The molecule has 1 aromatic heterocycles. The predicted molar refractivity (Wildman–Crippen MR) is 83.4 cm³/mol. The molecule has 0 spiro atoms. The van der Waals surface area contributed by atoms with Crippen molar-refractivity contribution in [2.24, 2.45) is 0 Å². The monoisotopic (exact) mass is 283 g/mol. The van der Waals surface area contributed by atoms with Crippen LogP contribution in [0.3, 0.4) is 0 Å². The number of hydrogen-bond donors (Lipinski definition) is 2. The van der Waals surface area contributed by atoms with Crippen molar-refractivity contribution >= 4 is 16.8 Å². The van der Waals surface area contributed by atoms with Crippen molar-refractivity contribution in [2.75, 3.05) is 13.1 Å². The molecule has 0 aliphatic carbocycles. The highest BCUT2D eigenvalue weighted by Crippen LogP contribution is 2.27. The van der Waals surface area contributed by atoms with Crippen molar-refractivity contribution in [3.8, 4) is 0 Å². The van der Waals surface area contributed by atoms with Gasteiger partial charge in [0.15, 0.2) is 0 Å². The molecule has 1 amide bonds. The number of benzene rings is 1. The van der Waals surface area contributed by atoms with Crippen molar-refractivity contribution < 1.29 is 4.79 Å². The van der Waals surface area contributed by atoms with Gasteiger partial charge in [-0.25, -0.2) is 0 Å². The highest BCUT2D eigenvalue weighted by Gasteiger charge is 2.36. The molecule has 3 heterocycles. The van der Waals surface area contributed by atoms with Gasteiger partial charge in [0, 0.05) is 35.9 Å². The van der Waals surface area contributed by atoms with E-state index in [1.165, 1.54) is 25.8 Å². The molecule has 0 bridgehead atoms. The average molecular weight is 283 g/mol. The third-order valence-corrected chi connectivity index (χ3v) is 4.99. The maximum Gasteiger partial charge on any atom is 0.251 e. The molecule has 2 saturated heterocycles. The van der Waals surface area contributed by atoms with Crippen LogP contribution in [0.5, 0.6) is 0 Å². The Morgan fingerprint density at radius 1 is 1.19 bits per heavy atom. The van der Waals surface area contributed by atoms with Gasteiger partial charge in [-0.3, -0.25) is 9.69 Å². The Labute approximate surface area is 124 Å². The van der Waals surface area contributed by atoms with Gasteiger partial charge in [0.2, 0.25) is 0 Å². The number of rotatable bonds is 2. The topological polar surface area (TPSA) is 48.1 Å². The Morgan fingerprint density at radius 2 is 2.14 bits per heavy atom. The lowest BCUT2D eigenvalue weighted by Gasteiger charge is -2.32. The molecule has 2 aromatic rings. The Bertz CT molecular complexity index is 663. The molecule has 2 fully saturated rings. The second-order valence-corrected chi connectivity index (χ2v) is 6.25. The molecular weight excluding hydrogens is 262 g/mol. The van der Waals surface area contributed by atoms with Crippen molar-refractivity contribution in [1.29, 1.82) is 0 Å². The zero-order valence-corrected chi connectivity index (χ0v) is 12.1. The summed E-state index contributed by atoms with van der Waals surface area (Å²) in [7, 11) is 0. The van der Waals surface area contributed by atoms with Gasteiger partial charge in [0.05, 0.1) is 0 Å². The maximum atomic E-state index is 12.5. The van der Waals surface area contributed by atoms with E-state index in [0.717, 1.165) is 29.4 Å². The van der Waals surface area contributed by atoms with E-state index >= 15 is 0 Å². The van der Waals surface area contributed by atoms with Crippen LogP contribution in [0, 0.1) is 0 Å². The first-order valence-electron chi connectivity index (χ1n) is 7.93. The van der Waals surface area contributed by atoms with Crippen LogP contribution in [0.4, 0.5) is 0 Å². The standard InChI is InChI=1S/C17H21N3O/c21-17(13-5-4-12-6-8-18-15(12)11-13)19-14-7-10-20-9-2-1-3-16(14)20/h4-6,8,11,14,16,18H,1-3,7,9-10H2,(H,19,21). The lowest BCUT2D eigenvalue weighted by Crippen LogP contribution is -2.46. The molecule has 2 N–H and O–H groups in total. The summed E-state index contributed by atoms with van der Waals surface area (Å²) < 4.78 is 0. The smallest absolute Gasteiger partial charge is 0.251 e. The summed E-state index contributed by atoms with van der Waals surface area (Å²) in [4.78, 5) is 18.2. The molecule has 2 atom stereocenters. The van der Waals surface area contributed by atoms with Gasteiger partial charge in [-0.15, -0.1) is 0 Å². The van der Waals surface area contributed by atoms with Crippen LogP contribution in [-0.2, 0) is 0 Å². The second kappa shape index (κ2) is 5.19. The summed E-state index contributed by atoms with van der Waals surface area (Å²) in [5.41, 5.74) is 1.77. The quantitative estimate of drug-likeness (QED) is 0.889. The van der Waals surface area contributed by atoms with Gasteiger partial charge in [0.1, 0.15) is 0 Å². The SMILES string of the molecule is O=C(NC1CCN2CCCCC12)c1ccc2cc[nH]c2c1. The maximum absolute atomic E-state index is 12.5. The van der Waals surface area contributed by atoms with Crippen molar-refractivity contribution in [2.45, 2.75) is 37.8 Å². The predicted octanol–water partition coefficient (Wildman–Crippen LogP) is 2.52. The summed E-state index contributed by atoms with van der Waals surface area (Å²) >= 11 is 0. The van der Waals surface area contributed by atoms with E-state index in [1.54, 1.807) is 0 Å². The highest BCUT2D eigenvalue weighted by molar-refractivity contribution is 5.98. The molecular formula is C17H21N3O. The van der Waals surface area contributed by atoms with Gasteiger partial charge in [0.25, 0.3) is 5.91 Å². The number of aromatic nitrogens is 1. The number of carbonyl (C=O) groups is 1. The first-order chi connectivity index (χ1) is 10.3. The normalized spacial score (nSPS) is 25.9. The van der Waals surface area contributed by atoms with Crippen LogP contribution in [0.15, 0.2) is 30.5 Å². The average Bonchev–Trinajstić information content (AvgIpc) is 3.13. The lowest BCUT2D eigenvalue weighted by atomic mass is 9.98. The Kier molecular flexibility index (Phi) is 3.19. The number of aromatic amines is 1. The lowest BCUT2D eigenvalue weighted by molar-refractivity contribution is 0.0915. The van der Waals surface area contributed by atoms with Gasteiger partial charge in [-0.1, -0.05) is 12.5 Å². The van der Waals surface area contributed by atoms with Gasteiger partial charge < -0.3 is 10.3 Å². The first-order valence-corrected chi connectivity index (χ1v) is 7.93. The third-order valence-electron chi connectivity index (χ3n) is 4.99. The van der Waals surface area contributed by atoms with E-state index in [1.807, 2.05) is 30.5 Å². The summed E-state index contributed by atoms with van der Waals surface area (Å²) in [6, 6.07) is 8.75. The van der Waals surface area contributed by atoms with Crippen LogP contribution >= 0.6 is 0 Å². The number of carbonyl (C=O) groups excluding carboxylic acids is 1. The molecule has 1 aromatic carbocycles. The van der Waals surface area contributed by atoms with Crippen LogP contribution in [0.25, 0.3) is 10.9 Å². The van der Waals surface area contributed by atoms with E-state index in [-0.39, 0.29) is 5.91 Å². The number of fused-ring (bicyclic) bond motifs is 2. The molecule has 0 radical (unpaired) electrons. The Balaban J connectivity index is 1.50. The number of piperidine rings is 1. The van der Waals surface area contributed by atoms with Crippen LogP contribution < -0.4 is 5.32 Å². The second-order valence-electron chi connectivity index (χ2n) is 6.25. The van der Waals surface area contributed by atoms with Crippen molar-refractivity contribution in [3.63, 3.8) is 0 Å². The largest absolute Gasteiger partial charge is 0.361 e. The van der Waals surface area contributed by atoms with E-state index in [2.05, 4.69) is 15.2 Å². The molecule has 21 heavy (non-hydrogen) atoms. The van der Waals surface area contributed by atoms with Crippen molar-refractivity contribution in [1.82, 2.24) is 15.2 Å². The molecule has 4 heteroatoms. The minimum atomic E-state index is 0.0592. The molecule has 2 aliphatic heterocycles. The fourth-order valence-electron chi connectivity index (χ4n) is 3.86. The molecule has 110 valence electrons. The molecule has 4 nitrogen and oxygen atoms in total. The van der Waals surface area contributed by atoms with Crippen molar-refractivity contribution in [3.05, 3.63) is 36.0 Å². The minimum Gasteiger partial charge on any atom is -0.361 e. The zero-order chi connectivity index (χ0) is 14.2. The number of nitrogens with zero attached hydrogens (tertiary/aromatic N) is 1. The zero-order valence-electron chi connectivity index (χ0n) is 12.1. The van der Waals surface area contributed by atoms with Gasteiger partial charge in [-0.2, -0.15) is 0 Å². The van der Waals surface area contributed by atoms with E-state index < -0.39 is 0 Å². The molecule has 2 unspecified atom stereocenters. The number of amides is 1. The van der Waals surface area contributed by atoms with Crippen LogP contribution in [0.1, 0.15) is 36.0 Å². The summed E-state index contributed by atoms with van der Waals surface area (Å²) in [5, 5.41) is 4.40. The highest BCUT2D eigenvalue weighted by atomic mass is 16.1. The van der Waals surface area contributed by atoms with Crippen LogP contribution in [0.2, 0.25) is 0 Å². The van der Waals surface area contributed by atoms with Crippen LogP contribution in [-0.4, -0.2) is 41.0 Å².